The Bertz CT molecular complexity index is 1260. The highest BCUT2D eigenvalue weighted by Crippen LogP contribution is 2.46. The summed E-state index contributed by atoms with van der Waals surface area (Å²) in [5, 5.41) is 8.50. The number of nitrogens with one attached hydrogen (secondary N) is 2. The fourth-order valence-electron chi connectivity index (χ4n) is 6.29. The molecule has 0 aromatic heterocycles. The number of benzene rings is 4. The van der Waals surface area contributed by atoms with E-state index in [9.17, 15) is 0 Å². The molecular formula is C36H42N2. The molecule has 0 radical (unpaired) electrons. The molecule has 196 valence electrons. The van der Waals surface area contributed by atoms with Gasteiger partial charge in [-0.2, -0.15) is 0 Å². The van der Waals surface area contributed by atoms with Gasteiger partial charge in [-0.15, -0.1) is 0 Å². The molecule has 1 heterocycles. The molecule has 1 fully saturated rings. The fourth-order valence-corrected chi connectivity index (χ4v) is 6.29. The molecule has 2 nitrogen and oxygen atoms in total. The first-order valence-electron chi connectivity index (χ1n) is 14.0. The molecule has 1 aliphatic rings. The molecule has 0 saturated carbocycles. The average Bonchev–Trinajstić information content (AvgIpc) is 2.90. The van der Waals surface area contributed by atoms with Crippen LogP contribution < -0.4 is 10.6 Å². The summed E-state index contributed by atoms with van der Waals surface area (Å²) in [7, 11) is 0. The molecule has 1 saturated heterocycles. The summed E-state index contributed by atoms with van der Waals surface area (Å²) >= 11 is 0. The zero-order valence-corrected chi connectivity index (χ0v) is 24.2. The van der Waals surface area contributed by atoms with Crippen LogP contribution in [0.3, 0.4) is 0 Å². The van der Waals surface area contributed by atoms with Gasteiger partial charge in [0.05, 0.1) is 24.2 Å². The van der Waals surface area contributed by atoms with Crippen LogP contribution in [0.1, 0.15) is 90.9 Å². The molecule has 4 unspecified atom stereocenters. The van der Waals surface area contributed by atoms with Gasteiger partial charge in [0.2, 0.25) is 0 Å². The van der Waals surface area contributed by atoms with Gasteiger partial charge in [0.25, 0.3) is 0 Å². The minimum absolute atomic E-state index is 0.127. The van der Waals surface area contributed by atoms with Crippen LogP contribution >= 0.6 is 0 Å². The topological polar surface area (TPSA) is 24.1 Å². The van der Waals surface area contributed by atoms with Crippen molar-refractivity contribution < 1.29 is 0 Å². The molecule has 0 amide bonds. The molecule has 0 bridgehead atoms. The monoisotopic (exact) mass is 502 g/mol. The maximum Gasteiger partial charge on any atom is 0.0526 e. The van der Waals surface area contributed by atoms with Crippen molar-refractivity contribution in [1.29, 1.82) is 0 Å². The minimum Gasteiger partial charge on any atom is -0.300 e. The molecule has 2 N–H and O–H groups in total. The van der Waals surface area contributed by atoms with Gasteiger partial charge in [-0.25, -0.2) is 0 Å². The lowest BCUT2D eigenvalue weighted by molar-refractivity contribution is 0.210. The van der Waals surface area contributed by atoms with Gasteiger partial charge in [-0.1, -0.05) is 72.8 Å². The maximum absolute atomic E-state index is 4.25. The standard InChI is InChI=1S/C36H42N2/c1-21-13-9-17-29(25(21)5)33-34(30-18-10-14-22(2)26(30)6)38-36(32-20-12-16-24(4)28(32)8)35(37-33)31-19-11-15-23(3)27(31)7/h9-20,33-38H,1-8H3. The highest BCUT2D eigenvalue weighted by atomic mass is 15.2. The first-order valence-corrected chi connectivity index (χ1v) is 14.0. The Kier molecular flexibility index (Phi) is 7.31. The molecule has 4 aromatic carbocycles. The van der Waals surface area contributed by atoms with Crippen LogP contribution in [0.2, 0.25) is 0 Å². The van der Waals surface area contributed by atoms with E-state index in [4.69, 9.17) is 0 Å². The number of rotatable bonds is 4. The average molecular weight is 503 g/mol. The molecule has 4 aromatic rings. The van der Waals surface area contributed by atoms with E-state index in [-0.39, 0.29) is 24.2 Å². The summed E-state index contributed by atoms with van der Waals surface area (Å²) in [6.45, 7) is 18.0. The van der Waals surface area contributed by atoms with Crippen molar-refractivity contribution in [2.24, 2.45) is 0 Å². The van der Waals surface area contributed by atoms with Crippen LogP contribution in [-0.4, -0.2) is 0 Å². The van der Waals surface area contributed by atoms with Gasteiger partial charge in [0, 0.05) is 0 Å². The normalized spacial score (nSPS) is 21.5. The second-order valence-electron chi connectivity index (χ2n) is 11.4. The van der Waals surface area contributed by atoms with Crippen LogP contribution in [0.5, 0.6) is 0 Å². The van der Waals surface area contributed by atoms with E-state index in [1.165, 1.54) is 66.8 Å². The lowest BCUT2D eigenvalue weighted by Gasteiger charge is -2.46. The first kappa shape index (κ1) is 26.4. The Labute approximate surface area is 229 Å². The summed E-state index contributed by atoms with van der Waals surface area (Å²) in [6.07, 6.45) is 0. The third-order valence-corrected chi connectivity index (χ3v) is 9.31. The van der Waals surface area contributed by atoms with Crippen molar-refractivity contribution in [3.05, 3.63) is 140 Å². The molecule has 0 spiro atoms. The molecule has 0 aliphatic carbocycles. The highest BCUT2D eigenvalue weighted by Gasteiger charge is 2.41. The second-order valence-corrected chi connectivity index (χ2v) is 11.4. The predicted octanol–water partition coefficient (Wildman–Crippen LogP) is 8.61. The maximum atomic E-state index is 4.25. The minimum atomic E-state index is 0.127. The van der Waals surface area contributed by atoms with Gasteiger partial charge in [0.1, 0.15) is 0 Å². The number of hydrogen-bond acceptors (Lipinski definition) is 2. The van der Waals surface area contributed by atoms with Crippen LogP contribution in [0.25, 0.3) is 0 Å². The highest BCUT2D eigenvalue weighted by molar-refractivity contribution is 5.46. The summed E-state index contributed by atoms with van der Waals surface area (Å²) in [5.41, 5.74) is 16.3. The number of hydrogen-bond donors (Lipinski definition) is 2. The Hall–Kier alpha value is -3.20. The molecule has 1 aliphatic heterocycles. The quantitative estimate of drug-likeness (QED) is 0.292. The Morgan fingerprint density at radius 1 is 0.342 bits per heavy atom. The summed E-state index contributed by atoms with van der Waals surface area (Å²) in [4.78, 5) is 0. The largest absolute Gasteiger partial charge is 0.300 e. The third-order valence-electron chi connectivity index (χ3n) is 9.31. The third kappa shape index (κ3) is 4.61. The molecule has 4 atom stereocenters. The van der Waals surface area contributed by atoms with E-state index in [0.29, 0.717) is 0 Å². The lowest BCUT2D eigenvalue weighted by Crippen LogP contribution is -2.50. The van der Waals surface area contributed by atoms with Gasteiger partial charge in [-0.05, 0) is 122 Å². The lowest BCUT2D eigenvalue weighted by atomic mass is 9.78. The van der Waals surface area contributed by atoms with E-state index in [1.807, 2.05) is 0 Å². The Morgan fingerprint density at radius 3 is 0.763 bits per heavy atom. The van der Waals surface area contributed by atoms with Crippen molar-refractivity contribution >= 4 is 0 Å². The van der Waals surface area contributed by atoms with Crippen molar-refractivity contribution in [3.8, 4) is 0 Å². The number of aryl methyl sites for hydroxylation is 4. The number of piperazine rings is 1. The van der Waals surface area contributed by atoms with Gasteiger partial charge in [0.15, 0.2) is 0 Å². The fraction of sp³-hybridized carbons (Fsp3) is 0.333. The summed E-state index contributed by atoms with van der Waals surface area (Å²) in [6, 6.07) is 27.5. The van der Waals surface area contributed by atoms with Crippen LogP contribution in [0.4, 0.5) is 0 Å². The molecular weight excluding hydrogens is 460 g/mol. The second kappa shape index (κ2) is 10.5. The van der Waals surface area contributed by atoms with Gasteiger partial charge < -0.3 is 0 Å². The smallest absolute Gasteiger partial charge is 0.0526 e. The zero-order chi connectivity index (χ0) is 27.1. The van der Waals surface area contributed by atoms with E-state index in [2.05, 4.69) is 139 Å². The van der Waals surface area contributed by atoms with Crippen LogP contribution in [-0.2, 0) is 0 Å². The van der Waals surface area contributed by atoms with Crippen molar-refractivity contribution in [1.82, 2.24) is 10.6 Å². The molecule has 2 heteroatoms. The first-order chi connectivity index (χ1) is 18.2. The molecule has 5 rings (SSSR count). The van der Waals surface area contributed by atoms with Crippen molar-refractivity contribution in [3.63, 3.8) is 0 Å². The SMILES string of the molecule is Cc1cccc(C2NC(c3cccc(C)c3C)C(c3cccc(C)c3C)NC2c2cccc(C)c2C)c1C. The summed E-state index contributed by atoms with van der Waals surface area (Å²) in [5.74, 6) is 0. The van der Waals surface area contributed by atoms with Gasteiger partial charge in [-0.3, -0.25) is 10.6 Å². The Balaban J connectivity index is 1.75. The van der Waals surface area contributed by atoms with Crippen molar-refractivity contribution in [2.75, 3.05) is 0 Å². The molecule has 38 heavy (non-hydrogen) atoms. The summed E-state index contributed by atoms with van der Waals surface area (Å²) < 4.78 is 0. The van der Waals surface area contributed by atoms with E-state index in [1.54, 1.807) is 0 Å². The van der Waals surface area contributed by atoms with Crippen LogP contribution in [0, 0.1) is 55.4 Å². The van der Waals surface area contributed by atoms with Crippen molar-refractivity contribution in [2.45, 2.75) is 79.6 Å². The predicted molar refractivity (Wildman–Crippen MR) is 161 cm³/mol. The van der Waals surface area contributed by atoms with E-state index < -0.39 is 0 Å². The van der Waals surface area contributed by atoms with E-state index >= 15 is 0 Å². The van der Waals surface area contributed by atoms with Gasteiger partial charge >= 0.3 is 0 Å². The zero-order valence-electron chi connectivity index (χ0n) is 24.2. The van der Waals surface area contributed by atoms with Crippen LogP contribution in [0.15, 0.2) is 72.8 Å². The van der Waals surface area contributed by atoms with E-state index in [0.717, 1.165) is 0 Å². The Morgan fingerprint density at radius 2 is 0.553 bits per heavy atom.